The zero-order chi connectivity index (χ0) is 11.7. The van der Waals surface area contributed by atoms with Crippen molar-refractivity contribution >= 4 is 33.5 Å². The molecule has 1 aliphatic heterocycles. The molecule has 0 saturated heterocycles. The fraction of sp³-hybridized carbons (Fsp3) is 0.231. The highest BCUT2D eigenvalue weighted by Gasteiger charge is 2.15. The van der Waals surface area contributed by atoms with Crippen molar-refractivity contribution in [1.82, 2.24) is 4.98 Å². The number of nitrogens with zero attached hydrogens (tertiary/aromatic N) is 2. The maximum atomic E-state index is 4.46. The van der Waals surface area contributed by atoms with Crippen molar-refractivity contribution in [2.75, 3.05) is 11.9 Å². The Labute approximate surface area is 104 Å². The minimum Gasteiger partial charge on any atom is -0.333 e. The Balaban J connectivity index is 1.95. The predicted molar refractivity (Wildman–Crippen MR) is 74.7 cm³/mol. The number of anilines is 1. The number of aromatic nitrogens is 1. The minimum absolute atomic E-state index is 0.570. The fourth-order valence-electron chi connectivity index (χ4n) is 1.87. The van der Waals surface area contributed by atoms with Crippen molar-refractivity contribution in [3.8, 4) is 0 Å². The van der Waals surface area contributed by atoms with Gasteiger partial charge in [-0.3, -0.25) is 9.98 Å². The van der Waals surface area contributed by atoms with Crippen LogP contribution in [0.1, 0.15) is 6.92 Å². The van der Waals surface area contributed by atoms with E-state index in [1.807, 2.05) is 24.4 Å². The molecule has 0 fully saturated rings. The van der Waals surface area contributed by atoms with Crippen molar-refractivity contribution in [2.45, 2.75) is 12.2 Å². The van der Waals surface area contributed by atoms with E-state index in [0.717, 1.165) is 28.3 Å². The SMILES string of the molecule is C[C@@H]1CN=C(Nc2cccc3cccnc23)S1. The first kappa shape index (κ1) is 10.6. The normalized spacial score (nSPS) is 19.4. The van der Waals surface area contributed by atoms with Gasteiger partial charge in [0.2, 0.25) is 0 Å². The molecule has 2 heterocycles. The fourth-order valence-corrected chi connectivity index (χ4v) is 2.71. The molecule has 0 spiro atoms. The summed E-state index contributed by atoms with van der Waals surface area (Å²) in [5.74, 6) is 0. The van der Waals surface area contributed by atoms with Crippen LogP contribution < -0.4 is 5.32 Å². The van der Waals surface area contributed by atoms with Gasteiger partial charge in [-0.25, -0.2) is 0 Å². The van der Waals surface area contributed by atoms with Crippen molar-refractivity contribution in [3.05, 3.63) is 36.5 Å². The van der Waals surface area contributed by atoms with Crippen LogP contribution in [0.3, 0.4) is 0 Å². The monoisotopic (exact) mass is 243 g/mol. The van der Waals surface area contributed by atoms with Gasteiger partial charge in [0.25, 0.3) is 0 Å². The van der Waals surface area contributed by atoms with Crippen molar-refractivity contribution in [3.63, 3.8) is 0 Å². The number of amidine groups is 1. The molecule has 0 radical (unpaired) electrons. The van der Waals surface area contributed by atoms with Crippen molar-refractivity contribution < 1.29 is 0 Å². The number of rotatable bonds is 1. The molecule has 1 aliphatic rings. The second kappa shape index (κ2) is 4.37. The number of benzene rings is 1. The topological polar surface area (TPSA) is 37.3 Å². The van der Waals surface area contributed by atoms with Crippen molar-refractivity contribution in [2.24, 2.45) is 4.99 Å². The quantitative estimate of drug-likeness (QED) is 0.836. The highest BCUT2D eigenvalue weighted by atomic mass is 32.2. The van der Waals surface area contributed by atoms with Gasteiger partial charge in [-0.15, -0.1) is 0 Å². The zero-order valence-electron chi connectivity index (χ0n) is 9.55. The molecule has 0 aliphatic carbocycles. The van der Waals surface area contributed by atoms with E-state index in [1.54, 1.807) is 11.8 Å². The third-order valence-electron chi connectivity index (χ3n) is 2.68. The number of aliphatic imine (C=N–C) groups is 1. The number of fused-ring (bicyclic) bond motifs is 1. The summed E-state index contributed by atoms with van der Waals surface area (Å²) in [6.07, 6.45) is 1.82. The first-order valence-electron chi connectivity index (χ1n) is 5.65. The van der Waals surface area contributed by atoms with E-state index in [2.05, 4.69) is 34.3 Å². The van der Waals surface area contributed by atoms with Crippen LogP contribution >= 0.6 is 11.8 Å². The molecular weight excluding hydrogens is 230 g/mol. The van der Waals surface area contributed by atoms with E-state index in [4.69, 9.17) is 0 Å². The van der Waals surface area contributed by atoms with Crippen LogP contribution in [0.5, 0.6) is 0 Å². The van der Waals surface area contributed by atoms with Gasteiger partial charge in [-0.05, 0) is 12.1 Å². The van der Waals surface area contributed by atoms with Crippen LogP contribution in [-0.4, -0.2) is 21.9 Å². The summed E-state index contributed by atoms with van der Waals surface area (Å²) in [7, 11) is 0. The van der Waals surface area contributed by atoms with Crippen molar-refractivity contribution in [1.29, 1.82) is 0 Å². The van der Waals surface area contributed by atoms with Crippen LogP contribution in [0.15, 0.2) is 41.5 Å². The molecule has 2 aromatic rings. The van der Waals surface area contributed by atoms with Crippen LogP contribution in [0.25, 0.3) is 10.9 Å². The molecule has 17 heavy (non-hydrogen) atoms. The number of hydrogen-bond acceptors (Lipinski definition) is 4. The van der Waals surface area contributed by atoms with Gasteiger partial charge in [0.1, 0.15) is 0 Å². The second-order valence-corrected chi connectivity index (χ2v) is 5.51. The molecule has 3 rings (SSSR count). The molecule has 4 heteroatoms. The Morgan fingerprint density at radius 3 is 3.00 bits per heavy atom. The Kier molecular flexibility index (Phi) is 2.73. The number of para-hydroxylation sites is 1. The first-order valence-corrected chi connectivity index (χ1v) is 6.53. The lowest BCUT2D eigenvalue weighted by atomic mass is 10.2. The summed E-state index contributed by atoms with van der Waals surface area (Å²) in [6.45, 7) is 3.08. The lowest BCUT2D eigenvalue weighted by Gasteiger charge is -2.08. The molecule has 3 nitrogen and oxygen atoms in total. The summed E-state index contributed by atoms with van der Waals surface area (Å²) in [5.41, 5.74) is 2.03. The standard InChI is InChI=1S/C13H13N3S/c1-9-8-15-13(17-9)16-11-6-2-4-10-5-3-7-14-12(10)11/h2-7,9H,8H2,1H3,(H,15,16)/t9-/m1/s1. The molecule has 1 N–H and O–H groups in total. The largest absolute Gasteiger partial charge is 0.333 e. The molecular formula is C13H13N3S. The number of pyridine rings is 1. The van der Waals surface area contributed by atoms with E-state index in [9.17, 15) is 0 Å². The Hall–Kier alpha value is -1.55. The first-order chi connectivity index (χ1) is 8.33. The predicted octanol–water partition coefficient (Wildman–Crippen LogP) is 3.14. The van der Waals surface area contributed by atoms with Crippen LogP contribution in [0.2, 0.25) is 0 Å². The number of thioether (sulfide) groups is 1. The molecule has 1 aromatic carbocycles. The summed E-state index contributed by atoms with van der Waals surface area (Å²) >= 11 is 1.78. The molecule has 0 saturated carbocycles. The highest BCUT2D eigenvalue weighted by molar-refractivity contribution is 8.15. The lowest BCUT2D eigenvalue weighted by molar-refractivity contribution is 0.976. The summed E-state index contributed by atoms with van der Waals surface area (Å²) in [4.78, 5) is 8.88. The molecule has 0 bridgehead atoms. The second-order valence-electron chi connectivity index (χ2n) is 4.08. The average Bonchev–Trinajstić information content (AvgIpc) is 2.75. The lowest BCUT2D eigenvalue weighted by Crippen LogP contribution is -2.06. The van der Waals surface area contributed by atoms with Gasteiger partial charge in [0.05, 0.1) is 17.7 Å². The van der Waals surface area contributed by atoms with E-state index in [0.29, 0.717) is 5.25 Å². The summed E-state index contributed by atoms with van der Waals surface area (Å²) in [5, 5.41) is 6.08. The van der Waals surface area contributed by atoms with E-state index < -0.39 is 0 Å². The van der Waals surface area contributed by atoms with E-state index >= 15 is 0 Å². The third-order valence-corrected chi connectivity index (χ3v) is 3.68. The molecule has 1 atom stereocenters. The summed E-state index contributed by atoms with van der Waals surface area (Å²) < 4.78 is 0. The van der Waals surface area contributed by atoms with Gasteiger partial charge < -0.3 is 5.32 Å². The molecule has 0 amide bonds. The van der Waals surface area contributed by atoms with Gasteiger partial charge in [0, 0.05) is 16.8 Å². The van der Waals surface area contributed by atoms with E-state index in [-0.39, 0.29) is 0 Å². The van der Waals surface area contributed by atoms with Gasteiger partial charge in [-0.1, -0.05) is 36.9 Å². The summed E-state index contributed by atoms with van der Waals surface area (Å²) in [6, 6.07) is 10.2. The average molecular weight is 243 g/mol. The van der Waals surface area contributed by atoms with Gasteiger partial charge >= 0.3 is 0 Å². The maximum Gasteiger partial charge on any atom is 0.161 e. The minimum atomic E-state index is 0.570. The Morgan fingerprint density at radius 2 is 2.18 bits per heavy atom. The van der Waals surface area contributed by atoms with Gasteiger partial charge in [0.15, 0.2) is 5.17 Å². The maximum absolute atomic E-state index is 4.46. The number of hydrogen-bond donors (Lipinski definition) is 1. The third kappa shape index (κ3) is 2.13. The van der Waals surface area contributed by atoms with Gasteiger partial charge in [-0.2, -0.15) is 0 Å². The van der Waals surface area contributed by atoms with Crippen LogP contribution in [0.4, 0.5) is 5.69 Å². The Morgan fingerprint density at radius 1 is 1.29 bits per heavy atom. The molecule has 0 unspecified atom stereocenters. The molecule has 86 valence electrons. The highest BCUT2D eigenvalue weighted by Crippen LogP contribution is 2.25. The number of nitrogens with one attached hydrogen (secondary N) is 1. The van der Waals surface area contributed by atoms with Crippen LogP contribution in [-0.2, 0) is 0 Å². The van der Waals surface area contributed by atoms with Crippen LogP contribution in [0, 0.1) is 0 Å². The smallest absolute Gasteiger partial charge is 0.161 e. The molecule has 1 aromatic heterocycles. The van der Waals surface area contributed by atoms with E-state index in [1.165, 1.54) is 0 Å². The Bertz CT molecular complexity index is 574. The zero-order valence-corrected chi connectivity index (χ0v) is 10.4.